The molecule has 0 saturated carbocycles. The molecular weight excluding hydrogens is 297 g/mol. The largest absolute Gasteiger partial charge is 0.534 e. The van der Waals surface area contributed by atoms with Gasteiger partial charge in [0.05, 0.1) is 5.56 Å². The molecule has 1 aliphatic rings. The maximum Gasteiger partial charge on any atom is 0.534 e. The van der Waals surface area contributed by atoms with Crippen molar-refractivity contribution >= 4 is 16.2 Å². The van der Waals surface area contributed by atoms with E-state index >= 15 is 0 Å². The van der Waals surface area contributed by atoms with Crippen molar-refractivity contribution in [2.75, 3.05) is 0 Å². The summed E-state index contributed by atoms with van der Waals surface area (Å²) in [5, 5.41) is 0. The first-order chi connectivity index (χ1) is 9.02. The van der Waals surface area contributed by atoms with Gasteiger partial charge in [0.25, 0.3) is 0 Å². The molecule has 1 aliphatic heterocycles. The summed E-state index contributed by atoms with van der Waals surface area (Å²) in [4.78, 5) is 0. The summed E-state index contributed by atoms with van der Waals surface area (Å²) >= 11 is 0. The Kier molecular flexibility index (Phi) is 3.24. The predicted octanol–water partition coefficient (Wildman–Crippen LogP) is 3.10. The third kappa shape index (κ3) is 2.74. The van der Waals surface area contributed by atoms with E-state index in [4.69, 9.17) is 4.74 Å². The van der Waals surface area contributed by atoms with Crippen LogP contribution in [0.4, 0.5) is 13.2 Å². The zero-order valence-electron chi connectivity index (χ0n) is 10.6. The van der Waals surface area contributed by atoms with Crippen molar-refractivity contribution < 1.29 is 30.5 Å². The molecule has 1 heterocycles. The fourth-order valence-corrected chi connectivity index (χ4v) is 2.09. The van der Waals surface area contributed by atoms with Crippen LogP contribution in [0.1, 0.15) is 19.4 Å². The van der Waals surface area contributed by atoms with Crippen molar-refractivity contribution in [2.24, 2.45) is 0 Å². The molecule has 0 radical (unpaired) electrons. The Morgan fingerprint density at radius 3 is 2.50 bits per heavy atom. The number of fused-ring (bicyclic) bond motifs is 1. The lowest BCUT2D eigenvalue weighted by Gasteiger charge is -2.28. The molecule has 2 rings (SSSR count). The summed E-state index contributed by atoms with van der Waals surface area (Å²) in [6.07, 6.45) is 3.07. The van der Waals surface area contributed by atoms with Crippen LogP contribution >= 0.6 is 0 Å². The molecule has 0 N–H and O–H groups in total. The number of hydrogen-bond acceptors (Lipinski definition) is 4. The third-order valence-corrected chi connectivity index (χ3v) is 3.50. The van der Waals surface area contributed by atoms with Crippen LogP contribution in [0.2, 0.25) is 0 Å². The molecule has 0 aromatic heterocycles. The van der Waals surface area contributed by atoms with E-state index in [1.165, 1.54) is 18.2 Å². The molecule has 0 saturated heterocycles. The zero-order valence-corrected chi connectivity index (χ0v) is 11.4. The first kappa shape index (κ1) is 14.7. The minimum atomic E-state index is -5.70. The van der Waals surface area contributed by atoms with Crippen LogP contribution in [0.25, 0.3) is 6.08 Å². The van der Waals surface area contributed by atoms with E-state index in [9.17, 15) is 21.6 Å². The van der Waals surface area contributed by atoms with Crippen molar-refractivity contribution in [1.82, 2.24) is 0 Å². The Balaban J connectivity index is 2.43. The van der Waals surface area contributed by atoms with Gasteiger partial charge >= 0.3 is 15.6 Å². The molecule has 0 atom stereocenters. The van der Waals surface area contributed by atoms with Gasteiger partial charge in [-0.25, -0.2) is 0 Å². The molecule has 1 aromatic rings. The molecule has 110 valence electrons. The normalized spacial score (nSPS) is 17.2. The fraction of sp³-hybridized carbons (Fsp3) is 0.333. The first-order valence-electron chi connectivity index (χ1n) is 5.54. The molecule has 4 nitrogen and oxygen atoms in total. The van der Waals surface area contributed by atoms with Gasteiger partial charge in [0, 0.05) is 0 Å². The number of halogens is 3. The van der Waals surface area contributed by atoms with Gasteiger partial charge in [0.1, 0.15) is 11.4 Å². The molecule has 0 bridgehead atoms. The minimum absolute atomic E-state index is 0.152. The first-order valence-corrected chi connectivity index (χ1v) is 6.95. The lowest BCUT2D eigenvalue weighted by Crippen LogP contribution is -2.29. The lowest BCUT2D eigenvalue weighted by atomic mass is 10.0. The molecule has 8 heteroatoms. The monoisotopic (exact) mass is 308 g/mol. The SMILES string of the molecule is CC1(C)C=Cc2c(cccc2OS(=O)(=O)C(F)(F)F)O1. The molecule has 20 heavy (non-hydrogen) atoms. The Morgan fingerprint density at radius 2 is 1.90 bits per heavy atom. The fourth-order valence-electron chi connectivity index (χ4n) is 1.62. The Bertz CT molecular complexity index is 660. The smallest absolute Gasteiger partial charge is 0.483 e. The standard InChI is InChI=1S/C12H11F3O4S/c1-11(2)7-6-8-9(18-11)4-3-5-10(8)19-20(16,17)12(13,14)15/h3-7H,1-2H3. The molecule has 0 spiro atoms. The quantitative estimate of drug-likeness (QED) is 0.622. The van der Waals surface area contributed by atoms with E-state index < -0.39 is 27.0 Å². The van der Waals surface area contributed by atoms with E-state index in [2.05, 4.69) is 4.18 Å². The molecule has 0 fully saturated rings. The van der Waals surface area contributed by atoms with Gasteiger partial charge in [-0.3, -0.25) is 0 Å². The molecule has 1 aromatic carbocycles. The van der Waals surface area contributed by atoms with Crippen LogP contribution in [0.15, 0.2) is 24.3 Å². The number of ether oxygens (including phenoxy) is 1. The van der Waals surface area contributed by atoms with E-state index in [0.29, 0.717) is 0 Å². The molecule has 0 amide bonds. The van der Waals surface area contributed by atoms with E-state index in [0.717, 1.165) is 6.07 Å². The van der Waals surface area contributed by atoms with Crippen molar-refractivity contribution in [1.29, 1.82) is 0 Å². The maximum atomic E-state index is 12.3. The second kappa shape index (κ2) is 4.41. The van der Waals surface area contributed by atoms with Gasteiger partial charge in [0.15, 0.2) is 5.75 Å². The van der Waals surface area contributed by atoms with Crippen LogP contribution in [0, 0.1) is 0 Å². The second-order valence-electron chi connectivity index (χ2n) is 4.69. The summed E-state index contributed by atoms with van der Waals surface area (Å²) in [7, 11) is -5.70. The van der Waals surface area contributed by atoms with Gasteiger partial charge in [-0.15, -0.1) is 0 Å². The van der Waals surface area contributed by atoms with Gasteiger partial charge in [0.2, 0.25) is 0 Å². The lowest BCUT2D eigenvalue weighted by molar-refractivity contribution is -0.0500. The van der Waals surface area contributed by atoms with E-state index in [1.807, 2.05) is 0 Å². The number of hydrogen-bond donors (Lipinski definition) is 0. The van der Waals surface area contributed by atoms with Crippen LogP contribution in [0.5, 0.6) is 11.5 Å². The van der Waals surface area contributed by atoms with E-state index in [-0.39, 0.29) is 11.3 Å². The highest BCUT2D eigenvalue weighted by molar-refractivity contribution is 7.88. The van der Waals surface area contributed by atoms with Crippen LogP contribution < -0.4 is 8.92 Å². The van der Waals surface area contributed by atoms with Crippen LogP contribution in [-0.2, 0) is 10.1 Å². The second-order valence-corrected chi connectivity index (χ2v) is 6.23. The van der Waals surface area contributed by atoms with Crippen LogP contribution in [-0.4, -0.2) is 19.5 Å². The number of alkyl halides is 3. The van der Waals surface area contributed by atoms with Gasteiger partial charge in [-0.05, 0) is 38.1 Å². The average molecular weight is 308 g/mol. The Labute approximate surface area is 113 Å². The van der Waals surface area contributed by atoms with Gasteiger partial charge in [-0.2, -0.15) is 21.6 Å². The highest BCUT2D eigenvalue weighted by atomic mass is 32.2. The Morgan fingerprint density at radius 1 is 1.25 bits per heavy atom. The maximum absolute atomic E-state index is 12.3. The average Bonchev–Trinajstić information content (AvgIpc) is 2.25. The van der Waals surface area contributed by atoms with Crippen molar-refractivity contribution in [3.05, 3.63) is 29.8 Å². The molecule has 0 unspecified atom stereocenters. The number of rotatable bonds is 2. The summed E-state index contributed by atoms with van der Waals surface area (Å²) in [5.41, 5.74) is -5.96. The van der Waals surface area contributed by atoms with Gasteiger partial charge < -0.3 is 8.92 Å². The molecular formula is C12H11F3O4S. The van der Waals surface area contributed by atoms with Crippen molar-refractivity contribution in [2.45, 2.75) is 25.0 Å². The van der Waals surface area contributed by atoms with Gasteiger partial charge in [-0.1, -0.05) is 6.07 Å². The topological polar surface area (TPSA) is 52.6 Å². The minimum Gasteiger partial charge on any atom is -0.483 e. The van der Waals surface area contributed by atoms with E-state index in [1.54, 1.807) is 19.9 Å². The third-order valence-electron chi connectivity index (χ3n) is 2.53. The summed E-state index contributed by atoms with van der Waals surface area (Å²) in [5.74, 6) is -0.168. The predicted molar refractivity (Wildman–Crippen MR) is 65.8 cm³/mol. The summed E-state index contributed by atoms with van der Waals surface area (Å²) in [6.45, 7) is 3.51. The number of benzene rings is 1. The molecule has 0 aliphatic carbocycles. The Hall–Kier alpha value is -1.70. The highest BCUT2D eigenvalue weighted by Crippen LogP contribution is 2.38. The zero-order chi connectivity index (χ0) is 15.2. The highest BCUT2D eigenvalue weighted by Gasteiger charge is 2.49. The summed E-state index contributed by atoms with van der Waals surface area (Å²) in [6, 6.07) is 4.01. The van der Waals surface area contributed by atoms with Crippen molar-refractivity contribution in [3.8, 4) is 11.5 Å². The van der Waals surface area contributed by atoms with Crippen molar-refractivity contribution in [3.63, 3.8) is 0 Å². The summed E-state index contributed by atoms with van der Waals surface area (Å²) < 4.78 is 68.6. The van der Waals surface area contributed by atoms with Crippen LogP contribution in [0.3, 0.4) is 0 Å².